The topological polar surface area (TPSA) is 18.5 Å². The standard InChI is InChI=1S/C16H13O2.ClH.Pd/c1-3-7-14-12(5-1)9-10-16(17-14)11-13-6-2-4-8-15(13)18-16;;/h1-8,11H,9-10H2;1H;/q-1;;+2/p-1. The first kappa shape index (κ1) is 13.8. The van der Waals surface area contributed by atoms with Gasteiger partial charge in [-0.2, -0.15) is 6.07 Å². The Balaban J connectivity index is 0.000000581. The van der Waals surface area contributed by atoms with Crippen LogP contribution in [0, 0.1) is 6.42 Å². The summed E-state index contributed by atoms with van der Waals surface area (Å²) < 4.78 is 12.1. The van der Waals surface area contributed by atoms with Crippen molar-refractivity contribution in [3.63, 3.8) is 0 Å². The fourth-order valence-electron chi connectivity index (χ4n) is 2.67. The van der Waals surface area contributed by atoms with Crippen LogP contribution in [0.15, 0.2) is 48.5 Å². The zero-order valence-electron chi connectivity index (χ0n) is 10.6. The third kappa shape index (κ3) is 2.42. The van der Waals surface area contributed by atoms with Crippen LogP contribution in [-0.4, -0.2) is 5.79 Å². The van der Waals surface area contributed by atoms with Gasteiger partial charge in [-0.1, -0.05) is 36.8 Å². The molecule has 0 aliphatic carbocycles. The second kappa shape index (κ2) is 5.70. The summed E-state index contributed by atoms with van der Waals surface area (Å²) in [5, 5.41) is 0. The number of ether oxygens (including phenoxy) is 2. The van der Waals surface area contributed by atoms with E-state index in [2.05, 4.69) is 46.3 Å². The van der Waals surface area contributed by atoms with Gasteiger partial charge >= 0.3 is 27.7 Å². The van der Waals surface area contributed by atoms with Gasteiger partial charge in [-0.3, -0.25) is 0 Å². The quantitative estimate of drug-likeness (QED) is 0.508. The molecule has 2 aliphatic heterocycles. The van der Waals surface area contributed by atoms with Crippen LogP contribution >= 0.6 is 9.53 Å². The normalized spacial score (nSPS) is 21.6. The van der Waals surface area contributed by atoms with E-state index in [0.29, 0.717) is 0 Å². The molecule has 0 saturated carbocycles. The van der Waals surface area contributed by atoms with E-state index in [0.717, 1.165) is 29.9 Å². The number of rotatable bonds is 0. The van der Waals surface area contributed by atoms with E-state index in [1.54, 1.807) is 0 Å². The molecule has 2 nitrogen and oxygen atoms in total. The summed E-state index contributed by atoms with van der Waals surface area (Å²) >= 11 is 2.22. The average molecular weight is 379 g/mol. The monoisotopic (exact) mass is 378 g/mol. The molecule has 1 unspecified atom stereocenters. The van der Waals surface area contributed by atoms with Crippen LogP contribution in [0.1, 0.15) is 17.5 Å². The summed E-state index contributed by atoms with van der Waals surface area (Å²) in [7, 11) is 4.49. The maximum absolute atomic E-state index is 6.09. The van der Waals surface area contributed by atoms with Crippen LogP contribution in [-0.2, 0) is 24.6 Å². The summed E-state index contributed by atoms with van der Waals surface area (Å²) in [6.45, 7) is 0. The Hall–Kier alpha value is -1.14. The second-order valence-electron chi connectivity index (χ2n) is 4.81. The van der Waals surface area contributed by atoms with Crippen LogP contribution in [0.4, 0.5) is 0 Å². The molecule has 2 heterocycles. The molecule has 0 bridgehead atoms. The van der Waals surface area contributed by atoms with Gasteiger partial charge in [0.2, 0.25) is 5.79 Å². The molecule has 0 aromatic heterocycles. The first-order valence-corrected chi connectivity index (χ1v) is 8.38. The summed E-state index contributed by atoms with van der Waals surface area (Å²) in [6.07, 6.45) is 3.94. The van der Waals surface area contributed by atoms with Crippen molar-refractivity contribution in [2.45, 2.75) is 18.6 Å². The molecule has 2 aromatic carbocycles. The van der Waals surface area contributed by atoms with Gasteiger partial charge < -0.3 is 9.47 Å². The smallest absolute Gasteiger partial charge is 0.214 e. The van der Waals surface area contributed by atoms with Crippen molar-refractivity contribution in [3.8, 4) is 11.5 Å². The van der Waals surface area contributed by atoms with Gasteiger partial charge in [0.05, 0.1) is 0 Å². The number of hydrogen-bond donors (Lipinski definition) is 0. The van der Waals surface area contributed by atoms with E-state index in [4.69, 9.17) is 9.47 Å². The van der Waals surface area contributed by atoms with Crippen LogP contribution in [0.3, 0.4) is 0 Å². The summed E-state index contributed by atoms with van der Waals surface area (Å²) in [6, 6.07) is 16.2. The second-order valence-corrected chi connectivity index (χ2v) is 4.81. The molecular formula is C16H13ClO2Pd. The zero-order valence-corrected chi connectivity index (χ0v) is 12.9. The summed E-state index contributed by atoms with van der Waals surface area (Å²) in [4.78, 5) is 0. The van der Waals surface area contributed by atoms with Crippen molar-refractivity contribution >= 4 is 9.53 Å². The molecule has 0 N–H and O–H groups in total. The fourth-order valence-corrected chi connectivity index (χ4v) is 2.67. The Morgan fingerprint density at radius 3 is 2.40 bits per heavy atom. The first-order valence-electron chi connectivity index (χ1n) is 6.38. The number of aryl methyl sites for hydroxylation is 1. The minimum atomic E-state index is -0.599. The van der Waals surface area contributed by atoms with Crippen molar-refractivity contribution in [1.82, 2.24) is 0 Å². The van der Waals surface area contributed by atoms with E-state index < -0.39 is 5.79 Å². The van der Waals surface area contributed by atoms with Gasteiger partial charge in [0.15, 0.2) is 0 Å². The van der Waals surface area contributed by atoms with Crippen LogP contribution in [0.5, 0.6) is 11.5 Å². The molecule has 0 fully saturated rings. The minimum Gasteiger partial charge on any atom is -0.520 e. The molecule has 0 saturated heterocycles. The number of para-hydroxylation sites is 2. The average Bonchev–Trinajstić information content (AvgIpc) is 2.86. The fraction of sp³-hybridized carbons (Fsp3) is 0.188. The van der Waals surface area contributed by atoms with E-state index in [1.807, 2.05) is 36.4 Å². The molecule has 106 valence electrons. The number of halogens is 1. The zero-order chi connectivity index (χ0) is 14.0. The van der Waals surface area contributed by atoms with Crippen molar-refractivity contribution in [2.24, 2.45) is 0 Å². The van der Waals surface area contributed by atoms with Crippen LogP contribution < -0.4 is 9.47 Å². The number of hydrogen-bond acceptors (Lipinski definition) is 2. The maximum Gasteiger partial charge on any atom is 0.214 e. The predicted octanol–water partition coefficient (Wildman–Crippen LogP) is 4.04. The van der Waals surface area contributed by atoms with E-state index in [9.17, 15) is 0 Å². The predicted molar refractivity (Wildman–Crippen MR) is 74.4 cm³/mol. The maximum atomic E-state index is 6.09. The Morgan fingerprint density at radius 1 is 0.950 bits per heavy atom. The van der Waals surface area contributed by atoms with Crippen LogP contribution in [0.25, 0.3) is 0 Å². The molecule has 0 radical (unpaired) electrons. The third-order valence-corrected chi connectivity index (χ3v) is 3.58. The largest absolute Gasteiger partial charge is 0.520 e. The third-order valence-electron chi connectivity index (χ3n) is 3.58. The molecule has 4 rings (SSSR count). The first-order chi connectivity index (χ1) is 9.85. The number of benzene rings is 2. The Morgan fingerprint density at radius 2 is 1.60 bits per heavy atom. The minimum absolute atomic E-state index is 0.599. The number of fused-ring (bicyclic) bond motifs is 2. The Kier molecular flexibility index (Phi) is 3.94. The van der Waals surface area contributed by atoms with E-state index >= 15 is 0 Å². The van der Waals surface area contributed by atoms with Gasteiger partial charge in [-0.25, -0.2) is 0 Å². The SMILES string of the molecule is [Cl][Pd+].c1ccc2c(c1)[CH-]C1(CCc3ccccc3O1)O2. The van der Waals surface area contributed by atoms with Gasteiger partial charge in [-0.15, -0.1) is 11.6 Å². The van der Waals surface area contributed by atoms with Gasteiger partial charge in [0.1, 0.15) is 5.75 Å². The van der Waals surface area contributed by atoms with Crippen LogP contribution in [0.2, 0.25) is 0 Å². The Labute approximate surface area is 133 Å². The van der Waals surface area contributed by atoms with E-state index in [1.165, 1.54) is 5.56 Å². The van der Waals surface area contributed by atoms with Crippen molar-refractivity contribution in [1.29, 1.82) is 0 Å². The molecule has 2 aromatic rings. The van der Waals surface area contributed by atoms with Crippen molar-refractivity contribution in [2.75, 3.05) is 0 Å². The molecule has 1 atom stereocenters. The molecule has 2 aliphatic rings. The van der Waals surface area contributed by atoms with Gasteiger partial charge in [-0.05, 0) is 18.1 Å². The van der Waals surface area contributed by atoms with Crippen molar-refractivity contribution in [3.05, 3.63) is 66.1 Å². The summed E-state index contributed by atoms with van der Waals surface area (Å²) in [5.41, 5.74) is 2.38. The molecule has 1 spiro atoms. The summed E-state index contributed by atoms with van der Waals surface area (Å²) in [5.74, 6) is 1.25. The molecule has 0 amide bonds. The van der Waals surface area contributed by atoms with Crippen molar-refractivity contribution < 1.29 is 27.7 Å². The Bertz CT molecular complexity index is 590. The molecule has 4 heteroatoms. The van der Waals surface area contributed by atoms with Gasteiger partial charge in [0, 0.05) is 12.2 Å². The van der Waals surface area contributed by atoms with Gasteiger partial charge in [0.25, 0.3) is 0 Å². The molecular weight excluding hydrogens is 366 g/mol. The molecule has 20 heavy (non-hydrogen) atoms. The van der Waals surface area contributed by atoms with E-state index in [-0.39, 0.29) is 0 Å².